The molecule has 0 N–H and O–H groups in total. The fraction of sp³-hybridized carbons (Fsp3) is 0.278. The molecule has 1 aliphatic heterocycles. The first-order chi connectivity index (χ1) is 13.0. The van der Waals surface area contributed by atoms with E-state index >= 15 is 0 Å². The third kappa shape index (κ3) is 4.13. The van der Waals surface area contributed by atoms with E-state index in [2.05, 4.69) is 0 Å². The monoisotopic (exact) mass is 378 g/mol. The van der Waals surface area contributed by atoms with Gasteiger partial charge < -0.3 is 19.0 Å². The Morgan fingerprint density at radius 2 is 1.59 bits per heavy atom. The van der Waals surface area contributed by atoms with Crippen molar-refractivity contribution in [1.29, 1.82) is 0 Å². The molecule has 1 aromatic carbocycles. The molecule has 27 heavy (non-hydrogen) atoms. The number of benzene rings is 1. The Balaban J connectivity index is 1.50. The van der Waals surface area contributed by atoms with Crippen LogP contribution in [0.4, 0.5) is 8.78 Å². The summed E-state index contributed by atoms with van der Waals surface area (Å²) in [5.41, 5.74) is -0.834. The average Bonchev–Trinajstić information content (AvgIpc) is 3.20. The number of halogens is 2. The Morgan fingerprint density at radius 3 is 2.19 bits per heavy atom. The van der Waals surface area contributed by atoms with Crippen LogP contribution in [0.15, 0.2) is 41.0 Å². The van der Waals surface area contributed by atoms with Gasteiger partial charge in [0.15, 0.2) is 12.4 Å². The summed E-state index contributed by atoms with van der Waals surface area (Å²) in [7, 11) is 0. The predicted molar refractivity (Wildman–Crippen MR) is 87.8 cm³/mol. The van der Waals surface area contributed by atoms with Crippen LogP contribution in [0, 0.1) is 11.6 Å². The van der Waals surface area contributed by atoms with Crippen LogP contribution in [0.3, 0.4) is 0 Å². The smallest absolute Gasteiger partial charge is 0.344 e. The van der Waals surface area contributed by atoms with Crippen molar-refractivity contribution in [2.45, 2.75) is 0 Å². The molecule has 1 saturated heterocycles. The number of esters is 1. The SMILES string of the molecule is O=C(OCC(=O)N1CCN(C(=O)c2ccco2)CC1)c1c(F)cccc1F. The minimum Gasteiger partial charge on any atom is -0.459 e. The second-order valence-electron chi connectivity index (χ2n) is 5.82. The molecule has 0 unspecified atom stereocenters. The predicted octanol–water partition coefficient (Wildman–Crippen LogP) is 1.70. The number of carbonyl (C=O) groups excluding carboxylic acids is 3. The number of nitrogens with zero attached hydrogens (tertiary/aromatic N) is 2. The molecule has 1 aromatic heterocycles. The fourth-order valence-corrected chi connectivity index (χ4v) is 2.70. The maximum absolute atomic E-state index is 13.5. The van der Waals surface area contributed by atoms with E-state index < -0.39 is 35.7 Å². The van der Waals surface area contributed by atoms with Gasteiger partial charge in [0, 0.05) is 26.2 Å². The molecule has 0 atom stereocenters. The maximum Gasteiger partial charge on any atom is 0.344 e. The first kappa shape index (κ1) is 18.6. The summed E-state index contributed by atoms with van der Waals surface area (Å²) >= 11 is 0. The molecule has 0 aliphatic carbocycles. The Kier molecular flexibility index (Phi) is 5.49. The summed E-state index contributed by atoms with van der Waals surface area (Å²) in [5.74, 6) is -3.92. The number of amides is 2. The zero-order valence-electron chi connectivity index (χ0n) is 14.2. The molecule has 142 valence electrons. The largest absolute Gasteiger partial charge is 0.459 e. The molecule has 0 radical (unpaired) electrons. The van der Waals surface area contributed by atoms with Crippen LogP contribution in [0.2, 0.25) is 0 Å². The molecule has 9 heteroatoms. The van der Waals surface area contributed by atoms with Crippen LogP contribution in [-0.4, -0.2) is 60.4 Å². The molecule has 3 rings (SSSR count). The Bertz CT molecular complexity index is 825. The maximum atomic E-state index is 13.5. The fourth-order valence-electron chi connectivity index (χ4n) is 2.70. The summed E-state index contributed by atoms with van der Waals surface area (Å²) in [6.07, 6.45) is 1.40. The Hall–Kier alpha value is -3.23. The van der Waals surface area contributed by atoms with E-state index in [1.54, 1.807) is 17.0 Å². The van der Waals surface area contributed by atoms with E-state index in [1.807, 2.05) is 0 Å². The molecule has 0 saturated carbocycles. The highest BCUT2D eigenvalue weighted by atomic mass is 19.1. The molecule has 2 aromatic rings. The highest BCUT2D eigenvalue weighted by molar-refractivity contribution is 5.92. The Labute approximate surface area is 153 Å². The van der Waals surface area contributed by atoms with Crippen LogP contribution in [-0.2, 0) is 9.53 Å². The first-order valence-corrected chi connectivity index (χ1v) is 8.19. The van der Waals surface area contributed by atoms with Gasteiger partial charge >= 0.3 is 5.97 Å². The standard InChI is InChI=1S/C18H16F2N2O5/c19-12-3-1-4-13(20)16(12)18(25)27-11-15(23)21-6-8-22(9-7-21)17(24)14-5-2-10-26-14/h1-5,10H,6-9,11H2. The van der Waals surface area contributed by atoms with Crippen molar-refractivity contribution in [3.8, 4) is 0 Å². The minimum atomic E-state index is -1.24. The van der Waals surface area contributed by atoms with E-state index in [0.717, 1.165) is 18.2 Å². The summed E-state index contributed by atoms with van der Waals surface area (Å²) in [6.45, 7) is 0.439. The number of furan rings is 1. The lowest BCUT2D eigenvalue weighted by Gasteiger charge is -2.34. The molecule has 0 spiro atoms. The van der Waals surface area contributed by atoms with Gasteiger partial charge in [-0.25, -0.2) is 13.6 Å². The number of hydrogen-bond acceptors (Lipinski definition) is 5. The molecule has 1 fully saturated rings. The third-order valence-corrected chi connectivity index (χ3v) is 4.15. The number of piperazine rings is 1. The molecule has 0 bridgehead atoms. The third-order valence-electron chi connectivity index (χ3n) is 4.15. The van der Waals surface area contributed by atoms with Gasteiger partial charge in [-0.1, -0.05) is 6.07 Å². The summed E-state index contributed by atoms with van der Waals surface area (Å²) in [6, 6.07) is 6.14. The van der Waals surface area contributed by atoms with Crippen molar-refractivity contribution >= 4 is 17.8 Å². The lowest BCUT2D eigenvalue weighted by Crippen LogP contribution is -2.51. The van der Waals surface area contributed by atoms with E-state index in [1.165, 1.54) is 11.2 Å². The second-order valence-corrected chi connectivity index (χ2v) is 5.82. The average molecular weight is 378 g/mol. The van der Waals surface area contributed by atoms with Gasteiger partial charge in [0.2, 0.25) is 0 Å². The van der Waals surface area contributed by atoms with Crippen molar-refractivity contribution in [2.75, 3.05) is 32.8 Å². The summed E-state index contributed by atoms with van der Waals surface area (Å²) < 4.78 is 36.9. The van der Waals surface area contributed by atoms with Crippen LogP contribution in [0.1, 0.15) is 20.9 Å². The van der Waals surface area contributed by atoms with E-state index in [4.69, 9.17) is 9.15 Å². The van der Waals surface area contributed by atoms with E-state index in [0.29, 0.717) is 13.1 Å². The van der Waals surface area contributed by atoms with Crippen molar-refractivity contribution < 1.29 is 32.3 Å². The summed E-state index contributed by atoms with van der Waals surface area (Å²) in [5, 5.41) is 0. The second kappa shape index (κ2) is 7.98. The van der Waals surface area contributed by atoms with Crippen LogP contribution in [0.5, 0.6) is 0 Å². The molecule has 7 nitrogen and oxygen atoms in total. The first-order valence-electron chi connectivity index (χ1n) is 8.19. The van der Waals surface area contributed by atoms with Gasteiger partial charge in [-0.15, -0.1) is 0 Å². The molecule has 1 aliphatic rings. The van der Waals surface area contributed by atoms with Gasteiger partial charge in [-0.2, -0.15) is 0 Å². The topological polar surface area (TPSA) is 80.1 Å². The van der Waals surface area contributed by atoms with E-state index in [9.17, 15) is 23.2 Å². The van der Waals surface area contributed by atoms with Crippen molar-refractivity contribution in [2.24, 2.45) is 0 Å². The van der Waals surface area contributed by atoms with Crippen LogP contribution >= 0.6 is 0 Å². The molecular weight excluding hydrogens is 362 g/mol. The lowest BCUT2D eigenvalue weighted by molar-refractivity contribution is -0.136. The summed E-state index contributed by atoms with van der Waals surface area (Å²) in [4.78, 5) is 39.1. The van der Waals surface area contributed by atoms with Gasteiger partial charge in [-0.3, -0.25) is 9.59 Å². The molecular formula is C18H16F2N2O5. The van der Waals surface area contributed by atoms with Gasteiger partial charge in [-0.05, 0) is 24.3 Å². The van der Waals surface area contributed by atoms with Crippen LogP contribution in [0.25, 0.3) is 0 Å². The van der Waals surface area contributed by atoms with Gasteiger partial charge in [0.1, 0.15) is 17.2 Å². The van der Waals surface area contributed by atoms with Crippen LogP contribution < -0.4 is 0 Å². The highest BCUT2D eigenvalue weighted by Gasteiger charge is 2.27. The van der Waals surface area contributed by atoms with Crippen molar-refractivity contribution in [3.05, 3.63) is 59.6 Å². The number of rotatable bonds is 4. The number of carbonyl (C=O) groups is 3. The lowest BCUT2D eigenvalue weighted by atomic mass is 10.2. The zero-order chi connectivity index (χ0) is 19.4. The van der Waals surface area contributed by atoms with E-state index in [-0.39, 0.29) is 24.8 Å². The zero-order valence-corrected chi connectivity index (χ0v) is 14.2. The van der Waals surface area contributed by atoms with Gasteiger partial charge in [0.25, 0.3) is 11.8 Å². The van der Waals surface area contributed by atoms with Crippen molar-refractivity contribution in [3.63, 3.8) is 0 Å². The number of hydrogen-bond donors (Lipinski definition) is 0. The quantitative estimate of drug-likeness (QED) is 0.757. The minimum absolute atomic E-state index is 0.218. The number of ether oxygens (including phenoxy) is 1. The molecule has 2 heterocycles. The Morgan fingerprint density at radius 1 is 0.963 bits per heavy atom. The highest BCUT2D eigenvalue weighted by Crippen LogP contribution is 2.14. The van der Waals surface area contributed by atoms with Crippen molar-refractivity contribution in [1.82, 2.24) is 9.80 Å². The van der Waals surface area contributed by atoms with Gasteiger partial charge in [0.05, 0.1) is 6.26 Å². The molecule has 2 amide bonds. The normalized spacial score (nSPS) is 14.1.